The van der Waals surface area contributed by atoms with Crippen LogP contribution in [-0.4, -0.2) is 47.9 Å². The highest BCUT2D eigenvalue weighted by Crippen LogP contribution is 2.20. The number of hydrogen-bond donors (Lipinski definition) is 1. The van der Waals surface area contributed by atoms with Gasteiger partial charge < -0.3 is 15.0 Å². The van der Waals surface area contributed by atoms with Crippen molar-refractivity contribution in [2.75, 3.05) is 20.2 Å². The Morgan fingerprint density at radius 3 is 3.00 bits per heavy atom. The van der Waals surface area contributed by atoms with E-state index in [0.717, 1.165) is 28.4 Å². The van der Waals surface area contributed by atoms with Gasteiger partial charge >= 0.3 is 0 Å². The van der Waals surface area contributed by atoms with E-state index in [0.29, 0.717) is 25.9 Å². The number of nitrogens with one attached hydrogen (secondary N) is 1. The summed E-state index contributed by atoms with van der Waals surface area (Å²) in [7, 11) is 1.61. The van der Waals surface area contributed by atoms with Crippen LogP contribution in [0.4, 0.5) is 0 Å². The van der Waals surface area contributed by atoms with E-state index in [1.165, 1.54) is 0 Å². The predicted octanol–water partition coefficient (Wildman–Crippen LogP) is 2.35. The predicted molar refractivity (Wildman–Crippen MR) is 105 cm³/mol. The molecular weight excluding hydrogens is 362 g/mol. The van der Waals surface area contributed by atoms with Crippen molar-refractivity contribution in [3.63, 3.8) is 0 Å². The number of thiazole rings is 1. The van der Waals surface area contributed by atoms with Crippen molar-refractivity contribution in [3.05, 3.63) is 45.9 Å². The zero-order valence-corrected chi connectivity index (χ0v) is 16.6. The minimum atomic E-state index is -0.375. The first-order chi connectivity index (χ1) is 13.1. The van der Waals surface area contributed by atoms with Crippen LogP contribution in [0, 0.1) is 6.92 Å². The number of carbonyl (C=O) groups excluding carboxylic acids is 2. The highest BCUT2D eigenvalue weighted by atomic mass is 32.1. The zero-order valence-electron chi connectivity index (χ0n) is 15.7. The van der Waals surface area contributed by atoms with Gasteiger partial charge in [0.05, 0.1) is 24.2 Å². The largest absolute Gasteiger partial charge is 0.497 e. The zero-order chi connectivity index (χ0) is 19.2. The number of ether oxygens (including phenoxy) is 1. The number of methoxy groups -OCH3 is 1. The second kappa shape index (κ2) is 8.99. The minimum Gasteiger partial charge on any atom is -0.497 e. The number of carbonyl (C=O) groups is 2. The van der Waals surface area contributed by atoms with Crippen molar-refractivity contribution in [2.24, 2.45) is 0 Å². The number of hydrogen-bond acceptors (Lipinski definition) is 5. The molecule has 1 N–H and O–H groups in total. The van der Waals surface area contributed by atoms with E-state index in [4.69, 9.17) is 4.74 Å². The van der Waals surface area contributed by atoms with Gasteiger partial charge in [0, 0.05) is 24.9 Å². The lowest BCUT2D eigenvalue weighted by molar-refractivity contribution is -0.137. The minimum absolute atomic E-state index is 0.0176. The Morgan fingerprint density at radius 1 is 1.41 bits per heavy atom. The van der Waals surface area contributed by atoms with Gasteiger partial charge in [0.1, 0.15) is 11.8 Å². The third kappa shape index (κ3) is 5.07. The van der Waals surface area contributed by atoms with E-state index in [1.54, 1.807) is 23.3 Å². The van der Waals surface area contributed by atoms with Crippen LogP contribution in [0.3, 0.4) is 0 Å². The number of benzene rings is 1. The number of aromatic nitrogens is 1. The van der Waals surface area contributed by atoms with Crippen LogP contribution < -0.4 is 10.1 Å². The smallest absolute Gasteiger partial charge is 0.242 e. The van der Waals surface area contributed by atoms with E-state index in [1.807, 2.05) is 36.6 Å². The first-order valence-electron chi connectivity index (χ1n) is 9.18. The summed E-state index contributed by atoms with van der Waals surface area (Å²) >= 11 is 1.61. The molecule has 27 heavy (non-hydrogen) atoms. The van der Waals surface area contributed by atoms with Crippen molar-refractivity contribution in [2.45, 2.75) is 38.6 Å². The molecule has 1 aliphatic rings. The number of rotatable bonds is 7. The van der Waals surface area contributed by atoms with E-state index < -0.39 is 0 Å². The molecule has 1 aliphatic heterocycles. The Balaban J connectivity index is 1.53. The summed E-state index contributed by atoms with van der Waals surface area (Å²) in [5, 5.41) is 6.01. The summed E-state index contributed by atoms with van der Waals surface area (Å²) in [6.07, 6.45) is 2.55. The van der Waals surface area contributed by atoms with Gasteiger partial charge in [-0.2, -0.15) is 0 Å². The fraction of sp³-hybridized carbons (Fsp3) is 0.450. The molecule has 1 saturated heterocycles. The third-order valence-corrected chi connectivity index (χ3v) is 5.53. The van der Waals surface area contributed by atoms with Crippen LogP contribution in [0.2, 0.25) is 0 Å². The van der Waals surface area contributed by atoms with Crippen LogP contribution in [0.5, 0.6) is 5.75 Å². The molecule has 2 amide bonds. The van der Waals surface area contributed by atoms with Crippen LogP contribution in [0.25, 0.3) is 0 Å². The summed E-state index contributed by atoms with van der Waals surface area (Å²) in [5.74, 6) is 0.641. The summed E-state index contributed by atoms with van der Waals surface area (Å²) in [5.41, 5.74) is 1.89. The molecule has 0 unspecified atom stereocenters. The number of likely N-dealkylation sites (tertiary alicyclic amines) is 1. The first-order valence-corrected chi connectivity index (χ1v) is 10.1. The molecular formula is C20H25N3O3S. The highest BCUT2D eigenvalue weighted by Gasteiger charge is 2.33. The fourth-order valence-corrected chi connectivity index (χ4v) is 4.00. The van der Waals surface area contributed by atoms with Gasteiger partial charge in [-0.1, -0.05) is 12.1 Å². The summed E-state index contributed by atoms with van der Waals surface area (Å²) in [6.45, 7) is 3.14. The number of aryl methyl sites for hydroxylation is 1. The van der Waals surface area contributed by atoms with E-state index in [-0.39, 0.29) is 24.3 Å². The molecule has 7 heteroatoms. The average molecular weight is 388 g/mol. The van der Waals surface area contributed by atoms with E-state index in [9.17, 15) is 9.59 Å². The molecule has 0 saturated carbocycles. The Labute approximate surface area is 163 Å². The van der Waals surface area contributed by atoms with Crippen LogP contribution in [-0.2, 0) is 22.4 Å². The van der Waals surface area contributed by atoms with Gasteiger partial charge in [0.15, 0.2) is 0 Å². The van der Waals surface area contributed by atoms with Crippen LogP contribution in [0.15, 0.2) is 29.6 Å². The Kier molecular flexibility index (Phi) is 6.45. The quantitative estimate of drug-likeness (QED) is 0.792. The molecule has 2 aromatic rings. The molecule has 3 rings (SSSR count). The molecule has 2 heterocycles. The van der Waals surface area contributed by atoms with Gasteiger partial charge in [-0.25, -0.2) is 4.98 Å². The molecule has 6 nitrogen and oxygen atoms in total. The van der Waals surface area contributed by atoms with E-state index in [2.05, 4.69) is 10.3 Å². The highest BCUT2D eigenvalue weighted by molar-refractivity contribution is 7.09. The lowest BCUT2D eigenvalue weighted by atomic mass is 10.1. The topological polar surface area (TPSA) is 71.5 Å². The molecule has 0 radical (unpaired) electrons. The van der Waals surface area contributed by atoms with Gasteiger partial charge in [-0.05, 0) is 37.5 Å². The maximum Gasteiger partial charge on any atom is 0.242 e. The SMILES string of the molecule is COc1cccc(CC(=O)N2CCC[C@@H]2C(=O)NCCc2csc(C)n2)c1. The van der Waals surface area contributed by atoms with Crippen molar-refractivity contribution >= 4 is 23.2 Å². The third-order valence-electron chi connectivity index (χ3n) is 4.71. The van der Waals surface area contributed by atoms with Gasteiger partial charge in [0.25, 0.3) is 0 Å². The standard InChI is InChI=1S/C20H25N3O3S/c1-14-22-16(13-27-14)8-9-21-20(25)18-7-4-10-23(18)19(24)12-15-5-3-6-17(11-15)26-2/h3,5-6,11,13,18H,4,7-10,12H2,1-2H3,(H,21,25)/t18-/m1/s1. The maximum atomic E-state index is 12.7. The molecule has 1 fully saturated rings. The number of nitrogens with zero attached hydrogens (tertiary/aromatic N) is 2. The molecule has 0 bridgehead atoms. The monoisotopic (exact) mass is 387 g/mol. The lowest BCUT2D eigenvalue weighted by Crippen LogP contribution is -2.46. The van der Waals surface area contributed by atoms with Crippen LogP contribution in [0.1, 0.15) is 29.1 Å². The van der Waals surface area contributed by atoms with Crippen molar-refractivity contribution in [1.29, 1.82) is 0 Å². The number of amides is 2. The summed E-state index contributed by atoms with van der Waals surface area (Å²) in [6, 6.07) is 7.11. The van der Waals surface area contributed by atoms with Gasteiger partial charge in [-0.3, -0.25) is 9.59 Å². The molecule has 0 spiro atoms. The summed E-state index contributed by atoms with van der Waals surface area (Å²) < 4.78 is 5.21. The Morgan fingerprint density at radius 2 is 2.26 bits per heavy atom. The second-order valence-electron chi connectivity index (χ2n) is 6.67. The summed E-state index contributed by atoms with van der Waals surface area (Å²) in [4.78, 5) is 31.4. The molecule has 144 valence electrons. The Hall–Kier alpha value is -2.41. The van der Waals surface area contributed by atoms with Gasteiger partial charge in [0.2, 0.25) is 11.8 Å². The molecule has 1 aromatic heterocycles. The lowest BCUT2D eigenvalue weighted by Gasteiger charge is -2.24. The molecule has 1 aromatic carbocycles. The fourth-order valence-electron chi connectivity index (χ4n) is 3.35. The van der Waals surface area contributed by atoms with Gasteiger partial charge in [-0.15, -0.1) is 11.3 Å². The molecule has 0 aliphatic carbocycles. The average Bonchev–Trinajstić information content (AvgIpc) is 3.31. The van der Waals surface area contributed by atoms with Crippen molar-refractivity contribution in [3.8, 4) is 5.75 Å². The second-order valence-corrected chi connectivity index (χ2v) is 7.73. The van der Waals surface area contributed by atoms with Crippen molar-refractivity contribution < 1.29 is 14.3 Å². The first kappa shape index (κ1) is 19.4. The van der Waals surface area contributed by atoms with Crippen molar-refractivity contribution in [1.82, 2.24) is 15.2 Å². The van der Waals surface area contributed by atoms with Crippen LogP contribution >= 0.6 is 11.3 Å². The Bertz CT molecular complexity index is 805. The van der Waals surface area contributed by atoms with E-state index >= 15 is 0 Å². The normalized spacial score (nSPS) is 16.4. The molecule has 1 atom stereocenters. The maximum absolute atomic E-state index is 12.7.